The average molecular weight is 1100 g/mol. The van der Waals surface area contributed by atoms with Gasteiger partial charge in [0.25, 0.3) is 11.8 Å². The Labute approximate surface area is 489 Å². The first-order valence-electron chi connectivity index (χ1n) is 22.1. The van der Waals surface area contributed by atoms with Crippen LogP contribution in [-0.4, -0.2) is 122 Å². The summed E-state index contributed by atoms with van der Waals surface area (Å²) < 4.78 is 144. The number of nitrogens with zero attached hydrogens (tertiary/aromatic N) is 3. The molecule has 2 aromatic rings. The van der Waals surface area contributed by atoms with Crippen molar-refractivity contribution in [2.45, 2.75) is 99.7 Å². The van der Waals surface area contributed by atoms with Gasteiger partial charge in [0.15, 0.2) is 12.3 Å². The van der Waals surface area contributed by atoms with E-state index in [4.69, 9.17) is 0 Å². The van der Waals surface area contributed by atoms with Crippen LogP contribution in [0.2, 0.25) is 0 Å². The molecule has 5 rings (SSSR count). The number of carbonyl (C=O) groups is 3. The van der Waals surface area contributed by atoms with Gasteiger partial charge in [0.1, 0.15) is 30.4 Å². The van der Waals surface area contributed by atoms with Crippen LogP contribution in [0.5, 0.6) is 0 Å². The summed E-state index contributed by atoms with van der Waals surface area (Å²) >= 11 is 0. The van der Waals surface area contributed by atoms with Gasteiger partial charge in [0, 0.05) is 72.7 Å². The van der Waals surface area contributed by atoms with Crippen LogP contribution >= 0.6 is 0 Å². The van der Waals surface area contributed by atoms with Crippen LogP contribution in [0, 0.1) is 0 Å². The molecule has 72 heavy (non-hydrogen) atoms. The van der Waals surface area contributed by atoms with Crippen LogP contribution in [0.4, 0.5) is 11.4 Å². The Bertz CT molecular complexity index is 3000. The van der Waals surface area contributed by atoms with Crippen LogP contribution in [0.1, 0.15) is 90.2 Å². The molecule has 19 nitrogen and oxygen atoms in total. The first kappa shape index (κ1) is 66.0. The third-order valence-electron chi connectivity index (χ3n) is 12.2. The number of unbranched alkanes of at least 4 members (excludes halogenated alkanes) is 4. The van der Waals surface area contributed by atoms with E-state index in [2.05, 4.69) is 5.32 Å². The standard InChI is InChI=1S/C46H58N4O15S4.3Na/c1-45(2)36-31-34(68(60,61)62)19-21-38(36)48(27-29-66(54,55)56)40(45)16-11-14-33(13-7-8-18-42(51)47-25-9-5-6-10-26-50-43(52)23-24-44(50)53)15-12-17-41-46(3,4)37-32-35(69(63,64)65)20-22-39(37)49(41)28-30-67(57,58)59;;;/h11-12,14-17,19-24,31-32H,5-10,13,18,25-30H2,1-4H3,(H4-,47,51,54,55,56,57,58,59,60,61,62,63,64,65);;;/q;3*+1/p-3. The van der Waals surface area contributed by atoms with Crippen molar-refractivity contribution in [1.29, 1.82) is 0 Å². The summed E-state index contributed by atoms with van der Waals surface area (Å²) in [7, 11) is -19.1. The number of imide groups is 1. The first-order valence-corrected chi connectivity index (χ1v) is 28.0. The fraction of sp³-hybridized carbons (Fsp3) is 0.435. The molecule has 0 saturated heterocycles. The molecule has 0 bridgehead atoms. The van der Waals surface area contributed by atoms with Crippen molar-refractivity contribution in [2.75, 3.05) is 42.6 Å². The molecule has 0 atom stereocenters. The summed E-state index contributed by atoms with van der Waals surface area (Å²) in [5, 5.41) is 2.91. The predicted molar refractivity (Wildman–Crippen MR) is 251 cm³/mol. The summed E-state index contributed by atoms with van der Waals surface area (Å²) in [6, 6.07) is 7.45. The summed E-state index contributed by atoms with van der Waals surface area (Å²) in [5.41, 5.74) is 1.36. The largest absolute Gasteiger partial charge is 1.00 e. The SMILES string of the molecule is CC1(C)C(=CC=CC(=CC=CC2=[N+](CCS(=O)(=O)[O-])c3ccc(S(=O)(=O)[O-])cc3C2(C)C)CCCCC(=O)NCCCCCCN2C(=O)C=CC2=O)N(CCS(=O)(=O)[O-])c2ccc(S(=O)(=O)[O-])cc21.[Na+].[Na+].[Na+]. The number of hydrogen-bond donors (Lipinski definition) is 1. The van der Waals surface area contributed by atoms with Crippen LogP contribution in [-0.2, 0) is 65.7 Å². The van der Waals surface area contributed by atoms with Crippen LogP contribution < -0.4 is 98.9 Å². The fourth-order valence-corrected chi connectivity index (χ4v) is 10.4. The van der Waals surface area contributed by atoms with E-state index in [9.17, 15) is 66.3 Å². The minimum atomic E-state index is -4.85. The number of carbonyl (C=O) groups excluding carboxylic acids is 3. The molecule has 376 valence electrons. The molecular formula is C46H55N4Na3O15S4. The molecule has 2 aromatic carbocycles. The van der Waals surface area contributed by atoms with Crippen LogP contribution in [0.25, 0.3) is 0 Å². The van der Waals surface area contributed by atoms with Crippen molar-refractivity contribution in [3.63, 3.8) is 0 Å². The monoisotopic (exact) mass is 1100 g/mol. The molecule has 3 amide bonds. The van der Waals surface area contributed by atoms with Crippen molar-refractivity contribution >= 4 is 75.3 Å². The van der Waals surface area contributed by atoms with E-state index in [0.717, 1.165) is 25.0 Å². The molecule has 0 fully saturated rings. The molecule has 0 aliphatic carbocycles. The zero-order chi connectivity index (χ0) is 51.2. The van der Waals surface area contributed by atoms with Crippen LogP contribution in [0.3, 0.4) is 0 Å². The van der Waals surface area contributed by atoms with E-state index in [0.29, 0.717) is 84.7 Å². The van der Waals surface area contributed by atoms with Crippen molar-refractivity contribution in [3.8, 4) is 0 Å². The van der Waals surface area contributed by atoms with Crippen LogP contribution in [0.15, 0.2) is 106 Å². The molecular weight excluding hydrogens is 1050 g/mol. The van der Waals surface area contributed by atoms with E-state index >= 15 is 0 Å². The van der Waals surface area contributed by atoms with Crippen molar-refractivity contribution in [1.82, 2.24) is 10.2 Å². The fourth-order valence-electron chi connectivity index (χ4n) is 8.59. The average Bonchev–Trinajstić information content (AvgIpc) is 3.76. The van der Waals surface area contributed by atoms with Gasteiger partial charge >= 0.3 is 88.7 Å². The van der Waals surface area contributed by atoms with Gasteiger partial charge in [-0.3, -0.25) is 19.3 Å². The Hall–Kier alpha value is -2.14. The van der Waals surface area contributed by atoms with E-state index in [1.807, 2.05) is 0 Å². The molecule has 0 aromatic heterocycles. The number of benzene rings is 2. The summed E-state index contributed by atoms with van der Waals surface area (Å²) in [6.45, 7) is 7.24. The summed E-state index contributed by atoms with van der Waals surface area (Å²) in [5.74, 6) is -2.34. The molecule has 0 unspecified atom stereocenters. The molecule has 0 saturated carbocycles. The summed E-state index contributed by atoms with van der Waals surface area (Å²) in [4.78, 5) is 38.0. The normalized spacial score (nSPS) is 17.1. The quantitative estimate of drug-likeness (QED) is 0.0257. The van der Waals surface area contributed by atoms with Gasteiger partial charge in [-0.2, -0.15) is 4.58 Å². The maximum Gasteiger partial charge on any atom is 1.00 e. The van der Waals surface area contributed by atoms with Gasteiger partial charge in [-0.1, -0.05) is 51.0 Å². The second kappa shape index (κ2) is 27.3. The number of rotatable bonds is 24. The molecule has 3 aliphatic rings. The topological polar surface area (TPSA) is 302 Å². The zero-order valence-electron chi connectivity index (χ0n) is 41.6. The number of amides is 3. The number of fused-ring (bicyclic) bond motifs is 2. The van der Waals surface area contributed by atoms with Gasteiger partial charge < -0.3 is 28.4 Å². The summed E-state index contributed by atoms with van der Waals surface area (Å²) in [6.07, 6.45) is 17.3. The second-order valence-corrected chi connectivity index (χ2v) is 23.7. The Morgan fingerprint density at radius 2 is 1.24 bits per heavy atom. The smallest absolute Gasteiger partial charge is 0.748 e. The zero-order valence-corrected chi connectivity index (χ0v) is 50.8. The number of allylic oxidation sites excluding steroid dienone is 8. The maximum atomic E-state index is 12.7. The van der Waals surface area contributed by atoms with Crippen molar-refractivity contribution in [2.24, 2.45) is 0 Å². The second-order valence-electron chi connectivity index (χ2n) is 17.9. The van der Waals surface area contributed by atoms with Gasteiger partial charge in [-0.15, -0.1) is 0 Å². The van der Waals surface area contributed by atoms with Gasteiger partial charge in [0.2, 0.25) is 11.6 Å². The Balaban J connectivity index is 0.00000592. The minimum absolute atomic E-state index is 0. The van der Waals surface area contributed by atoms with Crippen molar-refractivity contribution < 1.29 is 160 Å². The predicted octanol–water partition coefficient (Wildman–Crippen LogP) is -5.14. The molecule has 0 spiro atoms. The van der Waals surface area contributed by atoms with E-state index in [-0.39, 0.29) is 126 Å². The molecule has 3 heterocycles. The molecule has 1 N–H and O–H groups in total. The third kappa shape index (κ3) is 18.0. The van der Waals surface area contributed by atoms with E-state index in [1.165, 1.54) is 41.3 Å². The maximum absolute atomic E-state index is 12.7. The van der Waals surface area contributed by atoms with E-state index < -0.39 is 72.6 Å². The van der Waals surface area contributed by atoms with Gasteiger partial charge in [-0.05, 0) is 93.5 Å². The Morgan fingerprint density at radius 1 is 0.667 bits per heavy atom. The Morgan fingerprint density at radius 3 is 1.83 bits per heavy atom. The number of hydrogen-bond acceptors (Lipinski definition) is 16. The van der Waals surface area contributed by atoms with Crippen molar-refractivity contribution in [3.05, 3.63) is 107 Å². The Kier molecular flexibility index (Phi) is 25.0. The van der Waals surface area contributed by atoms with Gasteiger partial charge in [-0.25, -0.2) is 33.7 Å². The van der Waals surface area contributed by atoms with Gasteiger partial charge in [0.05, 0.1) is 36.8 Å². The number of nitrogens with one attached hydrogen (secondary N) is 1. The van der Waals surface area contributed by atoms with E-state index in [1.54, 1.807) is 73.6 Å². The molecule has 3 aliphatic heterocycles. The first-order chi connectivity index (χ1) is 32.0. The number of anilines is 1. The molecule has 0 radical (unpaired) electrons. The third-order valence-corrected chi connectivity index (χ3v) is 15.2. The molecule has 26 heteroatoms. The minimum Gasteiger partial charge on any atom is -0.748 e.